The third-order valence-corrected chi connectivity index (χ3v) is 6.03. The maximum Gasteiger partial charge on any atom is 0.348 e. The van der Waals surface area contributed by atoms with Crippen LogP contribution in [0.2, 0.25) is 0 Å². The van der Waals surface area contributed by atoms with Crippen molar-refractivity contribution in [2.75, 3.05) is 43.1 Å². The second-order valence-electron chi connectivity index (χ2n) is 6.38. The highest BCUT2D eigenvalue weighted by molar-refractivity contribution is 7.20. The van der Waals surface area contributed by atoms with E-state index in [1.807, 2.05) is 6.92 Å². The van der Waals surface area contributed by atoms with Gasteiger partial charge in [-0.05, 0) is 36.8 Å². The van der Waals surface area contributed by atoms with Crippen LogP contribution in [0.15, 0.2) is 30.6 Å². The van der Waals surface area contributed by atoms with E-state index in [4.69, 9.17) is 4.74 Å². The van der Waals surface area contributed by atoms with Gasteiger partial charge >= 0.3 is 5.97 Å². The standard InChI is InChI=1S/C19H19FN4O2S/c1-12-15-17(21-11-22-18(15)27-16(12)19(25)26-2)24-9-7-23(8-10-24)14-5-3-13(20)4-6-14/h3-6,11H,7-10H2,1-2H3. The minimum absolute atomic E-state index is 0.227. The van der Waals surface area contributed by atoms with Gasteiger partial charge in [0, 0.05) is 31.9 Å². The number of piperazine rings is 1. The normalized spacial score (nSPS) is 14.6. The van der Waals surface area contributed by atoms with Crippen LogP contribution in [-0.2, 0) is 4.74 Å². The summed E-state index contributed by atoms with van der Waals surface area (Å²) < 4.78 is 18.0. The topological polar surface area (TPSA) is 58.6 Å². The predicted octanol–water partition coefficient (Wildman–Crippen LogP) is 3.25. The van der Waals surface area contributed by atoms with E-state index in [2.05, 4.69) is 19.8 Å². The summed E-state index contributed by atoms with van der Waals surface area (Å²) in [5.74, 6) is 0.278. The molecule has 2 aromatic heterocycles. The van der Waals surface area contributed by atoms with Crippen LogP contribution in [0.25, 0.3) is 10.2 Å². The predicted molar refractivity (Wildman–Crippen MR) is 104 cm³/mol. The summed E-state index contributed by atoms with van der Waals surface area (Å²) in [6.45, 7) is 5.10. The van der Waals surface area contributed by atoms with Crippen LogP contribution in [0.3, 0.4) is 0 Å². The average molecular weight is 386 g/mol. The van der Waals surface area contributed by atoms with E-state index in [0.717, 1.165) is 53.5 Å². The zero-order valence-electron chi connectivity index (χ0n) is 15.1. The Balaban J connectivity index is 1.59. The zero-order chi connectivity index (χ0) is 19.0. The smallest absolute Gasteiger partial charge is 0.348 e. The number of anilines is 2. The lowest BCUT2D eigenvalue weighted by atomic mass is 10.1. The Hall–Kier alpha value is -2.74. The molecule has 0 bridgehead atoms. The number of carbonyl (C=O) groups excluding carboxylic acids is 1. The fraction of sp³-hybridized carbons (Fsp3) is 0.316. The molecular weight excluding hydrogens is 367 g/mol. The van der Waals surface area contributed by atoms with Crippen LogP contribution < -0.4 is 9.80 Å². The van der Waals surface area contributed by atoms with Gasteiger partial charge in [-0.25, -0.2) is 19.2 Å². The first kappa shape index (κ1) is 17.7. The number of benzene rings is 1. The highest BCUT2D eigenvalue weighted by Crippen LogP contribution is 2.35. The van der Waals surface area contributed by atoms with Gasteiger partial charge in [0.05, 0.1) is 12.5 Å². The van der Waals surface area contributed by atoms with Gasteiger partial charge in [0.15, 0.2) is 0 Å². The van der Waals surface area contributed by atoms with E-state index < -0.39 is 0 Å². The molecule has 0 amide bonds. The van der Waals surface area contributed by atoms with Crippen molar-refractivity contribution in [3.63, 3.8) is 0 Å². The molecule has 0 N–H and O–H groups in total. The fourth-order valence-electron chi connectivity index (χ4n) is 3.41. The number of ether oxygens (including phenoxy) is 1. The first-order chi connectivity index (χ1) is 13.1. The van der Waals surface area contributed by atoms with Gasteiger partial charge in [0.1, 0.15) is 27.7 Å². The average Bonchev–Trinajstić information content (AvgIpc) is 3.05. The Bertz CT molecular complexity index is 981. The molecule has 1 fully saturated rings. The second kappa shape index (κ2) is 7.11. The molecule has 0 atom stereocenters. The lowest BCUT2D eigenvalue weighted by Crippen LogP contribution is -2.46. The highest BCUT2D eigenvalue weighted by atomic mass is 32.1. The van der Waals surface area contributed by atoms with Crippen LogP contribution in [-0.4, -0.2) is 49.2 Å². The second-order valence-corrected chi connectivity index (χ2v) is 7.37. The van der Waals surface area contributed by atoms with Gasteiger partial charge in [-0.3, -0.25) is 0 Å². The summed E-state index contributed by atoms with van der Waals surface area (Å²) in [6, 6.07) is 6.58. The van der Waals surface area contributed by atoms with Crippen LogP contribution in [0, 0.1) is 12.7 Å². The lowest BCUT2D eigenvalue weighted by molar-refractivity contribution is 0.0605. The van der Waals surface area contributed by atoms with Gasteiger partial charge in [0.2, 0.25) is 0 Å². The van der Waals surface area contributed by atoms with Crippen LogP contribution in [0.1, 0.15) is 15.2 Å². The van der Waals surface area contributed by atoms with E-state index in [0.29, 0.717) is 4.88 Å². The van der Waals surface area contributed by atoms with Gasteiger partial charge in [-0.1, -0.05) is 0 Å². The summed E-state index contributed by atoms with van der Waals surface area (Å²) in [5.41, 5.74) is 1.88. The van der Waals surface area contributed by atoms with Gasteiger partial charge in [-0.15, -0.1) is 11.3 Å². The first-order valence-electron chi connectivity index (χ1n) is 8.66. The molecule has 0 radical (unpaired) electrons. The van der Waals surface area contributed by atoms with Crippen molar-refractivity contribution >= 4 is 39.0 Å². The van der Waals surface area contributed by atoms with E-state index in [1.54, 1.807) is 18.5 Å². The van der Waals surface area contributed by atoms with Crippen LogP contribution in [0.4, 0.5) is 15.9 Å². The number of nitrogens with zero attached hydrogens (tertiary/aromatic N) is 4. The Kier molecular flexibility index (Phi) is 4.65. The lowest BCUT2D eigenvalue weighted by Gasteiger charge is -2.37. The number of esters is 1. The number of thiophene rings is 1. The van der Waals surface area contributed by atoms with Crippen LogP contribution >= 0.6 is 11.3 Å². The van der Waals surface area contributed by atoms with E-state index in [9.17, 15) is 9.18 Å². The SMILES string of the molecule is COC(=O)c1sc2ncnc(N3CCN(c4ccc(F)cc4)CC3)c2c1C. The first-order valence-corrected chi connectivity index (χ1v) is 9.48. The minimum Gasteiger partial charge on any atom is -0.465 e. The molecule has 1 aliphatic heterocycles. The molecule has 0 unspecified atom stereocenters. The molecule has 1 saturated heterocycles. The maximum atomic E-state index is 13.1. The molecule has 1 aromatic carbocycles. The molecule has 0 aliphatic carbocycles. The Morgan fingerprint density at radius 1 is 1.11 bits per heavy atom. The van der Waals surface area contributed by atoms with Crippen molar-refractivity contribution in [3.8, 4) is 0 Å². The van der Waals surface area contributed by atoms with Crippen molar-refractivity contribution in [1.29, 1.82) is 0 Å². The molecule has 3 heterocycles. The third kappa shape index (κ3) is 3.21. The van der Waals surface area contributed by atoms with E-state index in [-0.39, 0.29) is 11.8 Å². The summed E-state index contributed by atoms with van der Waals surface area (Å²) >= 11 is 1.34. The van der Waals surface area contributed by atoms with Crippen molar-refractivity contribution in [3.05, 3.63) is 46.9 Å². The summed E-state index contributed by atoms with van der Waals surface area (Å²) in [5, 5.41) is 0.915. The Morgan fingerprint density at radius 2 is 1.78 bits per heavy atom. The molecule has 0 saturated carbocycles. The summed E-state index contributed by atoms with van der Waals surface area (Å²) in [7, 11) is 1.38. The molecule has 4 rings (SSSR count). The number of aryl methyl sites for hydroxylation is 1. The largest absolute Gasteiger partial charge is 0.465 e. The van der Waals surface area contributed by atoms with Crippen molar-refractivity contribution in [2.24, 2.45) is 0 Å². The highest BCUT2D eigenvalue weighted by Gasteiger charge is 2.24. The molecule has 8 heteroatoms. The van der Waals surface area contributed by atoms with Crippen LogP contribution in [0.5, 0.6) is 0 Å². The fourth-order valence-corrected chi connectivity index (χ4v) is 4.47. The van der Waals surface area contributed by atoms with Gasteiger partial charge in [-0.2, -0.15) is 0 Å². The number of methoxy groups -OCH3 is 1. The zero-order valence-corrected chi connectivity index (χ0v) is 15.9. The minimum atomic E-state index is -0.345. The molecule has 1 aliphatic rings. The number of rotatable bonds is 3. The molecule has 140 valence electrons. The van der Waals surface area contributed by atoms with Crippen molar-refractivity contribution in [2.45, 2.75) is 6.92 Å². The number of hydrogen-bond donors (Lipinski definition) is 0. The third-order valence-electron chi connectivity index (χ3n) is 4.85. The monoisotopic (exact) mass is 386 g/mol. The summed E-state index contributed by atoms with van der Waals surface area (Å²) in [6.07, 6.45) is 1.54. The number of hydrogen-bond acceptors (Lipinski definition) is 7. The maximum absolute atomic E-state index is 13.1. The molecule has 27 heavy (non-hydrogen) atoms. The van der Waals surface area contributed by atoms with E-state index in [1.165, 1.54) is 30.6 Å². The van der Waals surface area contributed by atoms with Crippen molar-refractivity contribution in [1.82, 2.24) is 9.97 Å². The number of halogens is 1. The Labute approximate surface area is 160 Å². The van der Waals surface area contributed by atoms with Gasteiger partial charge in [0.25, 0.3) is 0 Å². The van der Waals surface area contributed by atoms with Gasteiger partial charge < -0.3 is 14.5 Å². The number of carbonyl (C=O) groups is 1. The molecule has 0 spiro atoms. The molecule has 3 aromatic rings. The molecule has 6 nitrogen and oxygen atoms in total. The van der Waals surface area contributed by atoms with Crippen molar-refractivity contribution < 1.29 is 13.9 Å². The summed E-state index contributed by atoms with van der Waals surface area (Å²) in [4.78, 5) is 26.6. The number of aromatic nitrogens is 2. The number of fused-ring (bicyclic) bond motifs is 1. The molecular formula is C19H19FN4O2S. The quantitative estimate of drug-likeness (QED) is 0.644. The Morgan fingerprint density at radius 3 is 2.44 bits per heavy atom. The van der Waals surface area contributed by atoms with E-state index >= 15 is 0 Å².